The van der Waals surface area contributed by atoms with Crippen LogP contribution in [-0.2, 0) is 23.9 Å². The van der Waals surface area contributed by atoms with E-state index in [1.807, 2.05) is 0 Å². The molecule has 0 unspecified atom stereocenters. The molecule has 7 heteroatoms. The van der Waals surface area contributed by atoms with E-state index in [1.165, 1.54) is 4.90 Å². The van der Waals surface area contributed by atoms with Crippen molar-refractivity contribution in [2.24, 2.45) is 0 Å². The molecule has 0 radical (unpaired) electrons. The second kappa shape index (κ2) is 7.38. The van der Waals surface area contributed by atoms with Crippen LogP contribution >= 0.6 is 0 Å². The molecule has 1 amide bonds. The standard InChI is InChI=1S/C15H23NO6/c1-5-21-13(19)12(18)9-11(17)10-7-6-8-16(10)14(20)22-15(2,3)4/h10H,5-9H2,1-4H3/t10-/m0/s1. The van der Waals surface area contributed by atoms with Crippen LogP contribution in [0.25, 0.3) is 0 Å². The highest BCUT2D eigenvalue weighted by Crippen LogP contribution is 2.22. The van der Waals surface area contributed by atoms with Crippen LogP contribution in [0, 0.1) is 0 Å². The molecule has 1 rings (SSSR count). The number of ketones is 2. The zero-order valence-electron chi connectivity index (χ0n) is 13.5. The van der Waals surface area contributed by atoms with E-state index >= 15 is 0 Å². The van der Waals surface area contributed by atoms with Crippen LogP contribution in [0.3, 0.4) is 0 Å². The van der Waals surface area contributed by atoms with Crippen molar-refractivity contribution in [1.29, 1.82) is 0 Å². The summed E-state index contributed by atoms with van der Waals surface area (Å²) in [7, 11) is 0. The summed E-state index contributed by atoms with van der Waals surface area (Å²) >= 11 is 0. The van der Waals surface area contributed by atoms with E-state index in [2.05, 4.69) is 4.74 Å². The Kier molecular flexibility index (Phi) is 6.08. The van der Waals surface area contributed by atoms with Gasteiger partial charge < -0.3 is 9.47 Å². The maximum absolute atomic E-state index is 12.2. The molecule has 1 fully saturated rings. The van der Waals surface area contributed by atoms with Crippen LogP contribution in [0.5, 0.6) is 0 Å². The molecule has 0 N–H and O–H groups in total. The second-order valence-electron chi connectivity index (χ2n) is 6.12. The third-order valence-corrected chi connectivity index (χ3v) is 3.09. The number of esters is 1. The van der Waals surface area contributed by atoms with Crippen molar-refractivity contribution >= 4 is 23.6 Å². The summed E-state index contributed by atoms with van der Waals surface area (Å²) in [5.74, 6) is -2.36. The molecule has 0 saturated carbocycles. The van der Waals surface area contributed by atoms with Crippen LogP contribution in [0.4, 0.5) is 4.79 Å². The van der Waals surface area contributed by atoms with Gasteiger partial charge in [0, 0.05) is 6.54 Å². The fourth-order valence-corrected chi connectivity index (χ4v) is 2.20. The van der Waals surface area contributed by atoms with E-state index in [0.717, 1.165) is 0 Å². The number of hydrogen-bond acceptors (Lipinski definition) is 6. The van der Waals surface area contributed by atoms with Crippen LogP contribution in [0.15, 0.2) is 0 Å². The maximum Gasteiger partial charge on any atom is 0.410 e. The Morgan fingerprint density at radius 1 is 1.18 bits per heavy atom. The highest BCUT2D eigenvalue weighted by Gasteiger charge is 2.37. The number of carbonyl (C=O) groups excluding carboxylic acids is 4. The van der Waals surface area contributed by atoms with E-state index in [9.17, 15) is 19.2 Å². The minimum absolute atomic E-state index is 0.0756. The first-order valence-corrected chi connectivity index (χ1v) is 7.38. The minimum atomic E-state index is -1.02. The van der Waals surface area contributed by atoms with Crippen molar-refractivity contribution in [3.05, 3.63) is 0 Å². The normalized spacial score (nSPS) is 18.0. The summed E-state index contributed by atoms with van der Waals surface area (Å²) in [6, 6.07) is -0.715. The van der Waals surface area contributed by atoms with Gasteiger partial charge in [-0.1, -0.05) is 0 Å². The highest BCUT2D eigenvalue weighted by atomic mass is 16.6. The van der Waals surface area contributed by atoms with Crippen molar-refractivity contribution in [3.8, 4) is 0 Å². The molecule has 0 spiro atoms. The molecule has 1 atom stereocenters. The molecule has 0 bridgehead atoms. The van der Waals surface area contributed by atoms with Gasteiger partial charge in [0.15, 0.2) is 5.78 Å². The first kappa shape index (κ1) is 18.1. The number of nitrogens with zero attached hydrogens (tertiary/aromatic N) is 1. The summed E-state index contributed by atoms with van der Waals surface area (Å²) in [6.45, 7) is 7.27. The first-order chi connectivity index (χ1) is 10.2. The van der Waals surface area contributed by atoms with Gasteiger partial charge in [-0.05, 0) is 40.5 Å². The van der Waals surface area contributed by atoms with Gasteiger partial charge in [0.05, 0.1) is 19.1 Å². The lowest BCUT2D eigenvalue weighted by molar-refractivity contribution is -0.154. The first-order valence-electron chi connectivity index (χ1n) is 7.38. The van der Waals surface area contributed by atoms with Crippen molar-refractivity contribution in [1.82, 2.24) is 4.90 Å². The number of carbonyl (C=O) groups is 4. The lowest BCUT2D eigenvalue weighted by atomic mass is 10.1. The third-order valence-electron chi connectivity index (χ3n) is 3.09. The molecule has 0 aromatic carbocycles. The van der Waals surface area contributed by atoms with E-state index < -0.39 is 41.7 Å². The van der Waals surface area contributed by atoms with Crippen molar-refractivity contribution in [2.45, 2.75) is 58.6 Å². The molecule has 0 aliphatic carbocycles. The Bertz CT molecular complexity index is 465. The molecule has 0 aromatic heterocycles. The smallest absolute Gasteiger partial charge is 0.410 e. The predicted octanol–water partition coefficient (Wildman–Crippen LogP) is 1.48. The largest absolute Gasteiger partial charge is 0.460 e. The summed E-state index contributed by atoms with van der Waals surface area (Å²) in [5, 5.41) is 0. The van der Waals surface area contributed by atoms with Gasteiger partial charge in [0.25, 0.3) is 0 Å². The van der Waals surface area contributed by atoms with Crippen LogP contribution < -0.4 is 0 Å². The van der Waals surface area contributed by atoms with Gasteiger partial charge in [-0.25, -0.2) is 9.59 Å². The maximum atomic E-state index is 12.2. The lowest BCUT2D eigenvalue weighted by Crippen LogP contribution is -2.44. The summed E-state index contributed by atoms with van der Waals surface area (Å²) in [4.78, 5) is 48.4. The SMILES string of the molecule is CCOC(=O)C(=O)CC(=O)[C@@H]1CCCN1C(=O)OC(C)(C)C. The lowest BCUT2D eigenvalue weighted by Gasteiger charge is -2.27. The van der Waals surface area contributed by atoms with Crippen molar-refractivity contribution in [3.63, 3.8) is 0 Å². The number of amides is 1. The molecule has 22 heavy (non-hydrogen) atoms. The average molecular weight is 313 g/mol. The van der Waals surface area contributed by atoms with Gasteiger partial charge >= 0.3 is 12.1 Å². The molecule has 1 heterocycles. The summed E-state index contributed by atoms with van der Waals surface area (Å²) < 4.78 is 9.81. The van der Waals surface area contributed by atoms with Gasteiger partial charge in [-0.15, -0.1) is 0 Å². The average Bonchev–Trinajstić information content (AvgIpc) is 2.86. The molecule has 1 aliphatic heterocycles. The fourth-order valence-electron chi connectivity index (χ4n) is 2.20. The number of rotatable bonds is 5. The fraction of sp³-hybridized carbons (Fsp3) is 0.733. The van der Waals surface area contributed by atoms with Gasteiger partial charge in [-0.3, -0.25) is 14.5 Å². The van der Waals surface area contributed by atoms with E-state index in [-0.39, 0.29) is 6.61 Å². The molecule has 0 aromatic rings. The zero-order chi connectivity index (χ0) is 16.9. The molecular formula is C15H23NO6. The number of hydrogen-bond donors (Lipinski definition) is 0. The third kappa shape index (κ3) is 5.13. The van der Waals surface area contributed by atoms with E-state index in [0.29, 0.717) is 19.4 Å². The summed E-state index contributed by atoms with van der Waals surface area (Å²) in [5.41, 5.74) is -0.659. The predicted molar refractivity (Wildman–Crippen MR) is 77.2 cm³/mol. The minimum Gasteiger partial charge on any atom is -0.460 e. The Morgan fingerprint density at radius 3 is 2.36 bits per heavy atom. The Hall–Kier alpha value is -1.92. The quantitative estimate of drug-likeness (QED) is 0.434. The zero-order valence-corrected chi connectivity index (χ0v) is 13.5. The monoisotopic (exact) mass is 313 g/mol. The Morgan fingerprint density at radius 2 is 1.82 bits per heavy atom. The molecule has 1 saturated heterocycles. The van der Waals surface area contributed by atoms with Gasteiger partial charge in [0.2, 0.25) is 5.78 Å². The van der Waals surface area contributed by atoms with Crippen LogP contribution in [-0.4, -0.2) is 53.3 Å². The van der Waals surface area contributed by atoms with E-state index in [1.54, 1.807) is 27.7 Å². The van der Waals surface area contributed by atoms with E-state index in [4.69, 9.17) is 4.74 Å². The number of likely N-dealkylation sites (tertiary alicyclic amines) is 1. The number of Topliss-reactive ketones (excluding diaryl/α,β-unsaturated/α-hetero) is 2. The molecule has 124 valence electrons. The van der Waals surface area contributed by atoms with Crippen molar-refractivity contribution < 1.29 is 28.7 Å². The topological polar surface area (TPSA) is 90.0 Å². The Labute approximate surface area is 129 Å². The Balaban J connectivity index is 2.66. The van der Waals surface area contributed by atoms with Crippen molar-refractivity contribution in [2.75, 3.05) is 13.2 Å². The second-order valence-corrected chi connectivity index (χ2v) is 6.12. The summed E-state index contributed by atoms with van der Waals surface area (Å²) in [6.07, 6.45) is -0.00724. The highest BCUT2D eigenvalue weighted by molar-refractivity contribution is 6.37. The molecule has 1 aliphatic rings. The van der Waals surface area contributed by atoms with Gasteiger partial charge in [-0.2, -0.15) is 0 Å². The molecular weight excluding hydrogens is 290 g/mol. The van der Waals surface area contributed by atoms with Crippen LogP contribution in [0.1, 0.15) is 47.0 Å². The number of ether oxygens (including phenoxy) is 2. The molecule has 7 nitrogen and oxygen atoms in total. The van der Waals surface area contributed by atoms with Gasteiger partial charge in [0.1, 0.15) is 5.60 Å². The van der Waals surface area contributed by atoms with Crippen LogP contribution in [0.2, 0.25) is 0 Å².